The second-order valence-electron chi connectivity index (χ2n) is 2.67. The van der Waals surface area contributed by atoms with Crippen LogP contribution in [0, 0.1) is 0 Å². The van der Waals surface area contributed by atoms with E-state index < -0.39 is 0 Å². The molecule has 0 heterocycles. The van der Waals surface area contributed by atoms with Crippen LogP contribution in [-0.4, -0.2) is 26.3 Å². The van der Waals surface area contributed by atoms with Gasteiger partial charge in [0.15, 0.2) is 0 Å². The Morgan fingerprint density at radius 2 is 1.62 bits per heavy atom. The zero-order valence-corrected chi connectivity index (χ0v) is 9.86. The summed E-state index contributed by atoms with van der Waals surface area (Å²) in [5.41, 5.74) is 0. The third-order valence-electron chi connectivity index (χ3n) is 1.53. The lowest BCUT2D eigenvalue weighted by Gasteiger charge is -2.02. The van der Waals surface area contributed by atoms with Crippen molar-refractivity contribution in [3.8, 4) is 0 Å². The monoisotopic (exact) mass is 189 g/mol. The van der Waals surface area contributed by atoms with E-state index in [1.807, 2.05) is 13.8 Å². The Balaban J connectivity index is 0. The number of rotatable bonds is 8. The molecule has 0 amide bonds. The Hall–Kier alpha value is -0.0800. The summed E-state index contributed by atoms with van der Waals surface area (Å²) in [5, 5.41) is 3.26. The van der Waals surface area contributed by atoms with Gasteiger partial charge >= 0.3 is 0 Å². The van der Waals surface area contributed by atoms with Crippen molar-refractivity contribution in [2.75, 3.05) is 26.3 Å². The molecule has 0 radical (unpaired) electrons. The summed E-state index contributed by atoms with van der Waals surface area (Å²) >= 11 is 0. The molecule has 0 bridgehead atoms. The van der Waals surface area contributed by atoms with Crippen LogP contribution in [0.1, 0.15) is 47.0 Å². The normalized spacial score (nSPS) is 9.23. The summed E-state index contributed by atoms with van der Waals surface area (Å²) in [6.07, 6.45) is 3.56. The van der Waals surface area contributed by atoms with Crippen LogP contribution in [0.2, 0.25) is 0 Å². The summed E-state index contributed by atoms with van der Waals surface area (Å²) in [7, 11) is 0. The highest BCUT2D eigenvalue weighted by Gasteiger charge is 1.87. The maximum atomic E-state index is 5.38. The zero-order valence-electron chi connectivity index (χ0n) is 9.86. The van der Waals surface area contributed by atoms with Crippen molar-refractivity contribution in [1.82, 2.24) is 5.32 Å². The highest BCUT2D eigenvalue weighted by Crippen LogP contribution is 1.88. The molecule has 0 aliphatic carbocycles. The first-order valence-corrected chi connectivity index (χ1v) is 5.70. The fourth-order valence-electron chi connectivity index (χ4n) is 0.824. The lowest BCUT2D eigenvalue weighted by Crippen LogP contribution is -2.15. The minimum atomic E-state index is 0.910. The van der Waals surface area contributed by atoms with E-state index in [0.717, 1.165) is 32.7 Å². The van der Waals surface area contributed by atoms with E-state index in [2.05, 4.69) is 19.2 Å². The van der Waals surface area contributed by atoms with Crippen molar-refractivity contribution < 1.29 is 4.74 Å². The van der Waals surface area contributed by atoms with Gasteiger partial charge in [0, 0.05) is 13.2 Å². The zero-order chi connectivity index (χ0) is 10.4. The SMILES string of the molecule is CC.CCCCOCCCNCC. The summed E-state index contributed by atoms with van der Waals surface area (Å²) < 4.78 is 5.38. The van der Waals surface area contributed by atoms with Gasteiger partial charge in [-0.1, -0.05) is 34.1 Å². The Morgan fingerprint density at radius 3 is 2.15 bits per heavy atom. The van der Waals surface area contributed by atoms with Gasteiger partial charge in [0.05, 0.1) is 0 Å². The van der Waals surface area contributed by atoms with Crippen molar-refractivity contribution >= 4 is 0 Å². The molecule has 2 heteroatoms. The fourth-order valence-corrected chi connectivity index (χ4v) is 0.824. The lowest BCUT2D eigenvalue weighted by molar-refractivity contribution is 0.129. The van der Waals surface area contributed by atoms with Crippen molar-refractivity contribution in [3.05, 3.63) is 0 Å². The first kappa shape index (κ1) is 15.4. The standard InChI is InChI=1S/C9H21NO.C2H6/c1-3-5-8-11-9-6-7-10-4-2;1-2/h10H,3-9H2,1-2H3;1-2H3. The van der Waals surface area contributed by atoms with Gasteiger partial charge in [-0.05, 0) is 25.9 Å². The molecule has 0 unspecified atom stereocenters. The van der Waals surface area contributed by atoms with Gasteiger partial charge in [-0.2, -0.15) is 0 Å². The molecule has 0 saturated carbocycles. The van der Waals surface area contributed by atoms with Crippen molar-refractivity contribution in [2.24, 2.45) is 0 Å². The van der Waals surface area contributed by atoms with E-state index >= 15 is 0 Å². The molecule has 0 aromatic carbocycles. The molecular weight excluding hydrogens is 162 g/mol. The Morgan fingerprint density at radius 1 is 1.00 bits per heavy atom. The molecule has 0 spiro atoms. The number of hydrogen-bond acceptors (Lipinski definition) is 2. The lowest BCUT2D eigenvalue weighted by atomic mass is 10.4. The molecule has 0 atom stereocenters. The molecule has 0 saturated heterocycles. The molecule has 13 heavy (non-hydrogen) atoms. The molecule has 0 fully saturated rings. The van der Waals surface area contributed by atoms with Gasteiger partial charge in [0.25, 0.3) is 0 Å². The van der Waals surface area contributed by atoms with Crippen LogP contribution in [0.25, 0.3) is 0 Å². The van der Waals surface area contributed by atoms with Crippen LogP contribution in [0.3, 0.4) is 0 Å². The van der Waals surface area contributed by atoms with E-state index in [-0.39, 0.29) is 0 Å². The Labute approximate surface area is 84.1 Å². The summed E-state index contributed by atoms with van der Waals surface area (Å²) in [6, 6.07) is 0. The molecular formula is C11H27NO. The second kappa shape index (κ2) is 17.9. The average Bonchev–Trinajstić information content (AvgIpc) is 2.20. The molecule has 1 N–H and O–H groups in total. The topological polar surface area (TPSA) is 21.3 Å². The van der Waals surface area contributed by atoms with Gasteiger partial charge in [0.1, 0.15) is 0 Å². The summed E-state index contributed by atoms with van der Waals surface area (Å²) in [5.74, 6) is 0. The maximum absolute atomic E-state index is 5.38. The molecule has 0 aliphatic heterocycles. The van der Waals surface area contributed by atoms with Gasteiger partial charge < -0.3 is 10.1 Å². The number of hydrogen-bond donors (Lipinski definition) is 1. The second-order valence-corrected chi connectivity index (χ2v) is 2.67. The van der Waals surface area contributed by atoms with Crippen LogP contribution in [0.4, 0.5) is 0 Å². The summed E-state index contributed by atoms with van der Waals surface area (Å²) in [6.45, 7) is 12.3. The first-order chi connectivity index (χ1) is 6.41. The first-order valence-electron chi connectivity index (χ1n) is 5.70. The molecule has 2 nitrogen and oxygen atoms in total. The Bertz CT molecular complexity index is 59.1. The number of ether oxygens (including phenoxy) is 1. The van der Waals surface area contributed by atoms with Crippen LogP contribution >= 0.6 is 0 Å². The highest BCUT2D eigenvalue weighted by atomic mass is 16.5. The van der Waals surface area contributed by atoms with Crippen LogP contribution in [0.5, 0.6) is 0 Å². The predicted octanol–water partition coefficient (Wildman–Crippen LogP) is 2.83. The fraction of sp³-hybridized carbons (Fsp3) is 1.00. The minimum absolute atomic E-state index is 0.910. The van der Waals surface area contributed by atoms with E-state index in [1.54, 1.807) is 0 Å². The average molecular weight is 189 g/mol. The van der Waals surface area contributed by atoms with Gasteiger partial charge in [-0.15, -0.1) is 0 Å². The maximum Gasteiger partial charge on any atom is 0.0478 e. The summed E-state index contributed by atoms with van der Waals surface area (Å²) in [4.78, 5) is 0. The van der Waals surface area contributed by atoms with Crippen molar-refractivity contribution in [1.29, 1.82) is 0 Å². The third kappa shape index (κ3) is 18.7. The van der Waals surface area contributed by atoms with Crippen molar-refractivity contribution in [2.45, 2.75) is 47.0 Å². The molecule has 0 aliphatic rings. The van der Waals surface area contributed by atoms with Gasteiger partial charge in [-0.25, -0.2) is 0 Å². The van der Waals surface area contributed by atoms with E-state index in [1.165, 1.54) is 12.8 Å². The molecule has 0 aromatic heterocycles. The molecule has 82 valence electrons. The smallest absolute Gasteiger partial charge is 0.0478 e. The molecule has 0 aromatic rings. The number of unbranched alkanes of at least 4 members (excludes halogenated alkanes) is 1. The quantitative estimate of drug-likeness (QED) is 0.593. The van der Waals surface area contributed by atoms with Crippen LogP contribution < -0.4 is 5.32 Å². The number of nitrogens with one attached hydrogen (secondary N) is 1. The van der Waals surface area contributed by atoms with Gasteiger partial charge in [-0.3, -0.25) is 0 Å². The van der Waals surface area contributed by atoms with Crippen LogP contribution in [-0.2, 0) is 4.74 Å². The van der Waals surface area contributed by atoms with Gasteiger partial charge in [0.2, 0.25) is 0 Å². The predicted molar refractivity (Wildman–Crippen MR) is 60.2 cm³/mol. The van der Waals surface area contributed by atoms with E-state index in [0.29, 0.717) is 0 Å². The minimum Gasteiger partial charge on any atom is -0.381 e. The molecule has 0 rings (SSSR count). The third-order valence-corrected chi connectivity index (χ3v) is 1.53. The van der Waals surface area contributed by atoms with Crippen LogP contribution in [0.15, 0.2) is 0 Å². The van der Waals surface area contributed by atoms with E-state index in [9.17, 15) is 0 Å². The largest absolute Gasteiger partial charge is 0.381 e. The Kier molecular flexibility index (Phi) is 21.2. The highest BCUT2D eigenvalue weighted by molar-refractivity contribution is 4.42. The van der Waals surface area contributed by atoms with Crippen molar-refractivity contribution in [3.63, 3.8) is 0 Å². The van der Waals surface area contributed by atoms with E-state index in [4.69, 9.17) is 4.74 Å².